The standard InChI is InChI=1S/C16H11ClN6O2.C13H9ClN4O/c17-10-2-1-3-11(7-10)19-13-4-5-23-14(21-13)9(8-18-23)6-12-15(24)22-16(25)20-12;14-10-2-1-3-11(6-10)16-12-4-5-18-13(17-12)9(8-19)7-15-18/h1-8,24H,(H2,20,22,25);1-8H,(H,16,17). The van der Waals surface area contributed by atoms with Gasteiger partial charge in [-0.1, -0.05) is 35.3 Å². The molecule has 0 aliphatic carbocycles. The molecule has 0 bridgehead atoms. The van der Waals surface area contributed by atoms with E-state index in [0.29, 0.717) is 49.1 Å². The fourth-order valence-electron chi connectivity index (χ4n) is 4.12. The van der Waals surface area contributed by atoms with Crippen LogP contribution in [0.1, 0.15) is 16.1 Å². The first-order valence-corrected chi connectivity index (χ1v) is 13.6. The zero-order chi connectivity index (χ0) is 30.6. The van der Waals surface area contributed by atoms with Gasteiger partial charge in [0.2, 0.25) is 5.88 Å². The molecule has 0 saturated carbocycles. The molecule has 0 fully saturated rings. The van der Waals surface area contributed by atoms with Crippen molar-refractivity contribution in [1.82, 2.24) is 39.2 Å². The van der Waals surface area contributed by atoms with Crippen molar-refractivity contribution in [3.05, 3.63) is 128 Å². The van der Waals surface area contributed by atoms with E-state index < -0.39 is 5.69 Å². The Bertz CT molecular complexity index is 2320. The third kappa shape index (κ3) is 6.33. The number of aromatic hydroxyl groups is 1. The molecule has 2 aromatic carbocycles. The molecule has 218 valence electrons. The van der Waals surface area contributed by atoms with E-state index in [1.807, 2.05) is 24.3 Å². The lowest BCUT2D eigenvalue weighted by molar-refractivity contribution is 0.112. The number of imidazole rings is 1. The highest BCUT2D eigenvalue weighted by Gasteiger charge is 2.07. The van der Waals surface area contributed by atoms with E-state index in [4.69, 9.17) is 23.2 Å². The van der Waals surface area contributed by atoms with Crippen molar-refractivity contribution >= 4 is 64.1 Å². The summed E-state index contributed by atoms with van der Waals surface area (Å²) < 4.78 is 3.12. The van der Waals surface area contributed by atoms with Gasteiger partial charge in [-0.2, -0.15) is 10.2 Å². The zero-order valence-corrected chi connectivity index (χ0v) is 23.9. The van der Waals surface area contributed by atoms with Crippen LogP contribution in [-0.4, -0.2) is 50.6 Å². The minimum absolute atomic E-state index is 0.246. The number of hydrogen-bond acceptors (Lipinski definition) is 9. The maximum atomic E-state index is 11.2. The van der Waals surface area contributed by atoms with E-state index in [-0.39, 0.29) is 11.6 Å². The number of nitrogens with one attached hydrogen (secondary N) is 3. The van der Waals surface area contributed by atoms with Gasteiger partial charge in [0, 0.05) is 39.4 Å². The summed E-state index contributed by atoms with van der Waals surface area (Å²) in [4.78, 5) is 40.1. The summed E-state index contributed by atoms with van der Waals surface area (Å²) in [6.45, 7) is 0. The Morgan fingerprint density at radius 2 is 1.64 bits per heavy atom. The monoisotopic (exact) mass is 626 g/mol. The first kappa shape index (κ1) is 28.3. The van der Waals surface area contributed by atoms with Gasteiger partial charge < -0.3 is 15.4 Å². The molecule has 0 spiro atoms. The topological polar surface area (TPSA) is 171 Å². The van der Waals surface area contributed by atoms with Gasteiger partial charge in [-0.15, -0.1) is 0 Å². The molecule has 4 N–H and O–H groups in total. The predicted molar refractivity (Wildman–Crippen MR) is 165 cm³/mol. The number of benzene rings is 2. The van der Waals surface area contributed by atoms with Crippen LogP contribution in [-0.2, 0) is 0 Å². The van der Waals surface area contributed by atoms with E-state index in [1.54, 1.807) is 70.1 Å². The van der Waals surface area contributed by atoms with Crippen LogP contribution in [0.5, 0.6) is 5.88 Å². The first-order chi connectivity index (χ1) is 21.3. The SMILES string of the molecule is O=Cc1cnn2ccc(Nc3cccc(Cl)c3)nc12.O=c1[nH]c(O)c(C=c2cnn3ccc(=Nc4cccc(Cl)c4)nc23)[nH]1. The van der Waals surface area contributed by atoms with Gasteiger partial charge in [0.05, 0.1) is 23.6 Å². The lowest BCUT2D eigenvalue weighted by atomic mass is 10.3. The van der Waals surface area contributed by atoms with Crippen LogP contribution in [0.25, 0.3) is 17.4 Å². The summed E-state index contributed by atoms with van der Waals surface area (Å²) in [5.74, 6) is 0.377. The molecule has 44 heavy (non-hydrogen) atoms. The van der Waals surface area contributed by atoms with E-state index in [0.717, 1.165) is 12.0 Å². The van der Waals surface area contributed by atoms with Gasteiger partial charge in [0.25, 0.3) is 0 Å². The number of halogens is 2. The predicted octanol–water partition coefficient (Wildman–Crippen LogP) is 3.82. The Labute approximate surface area is 256 Å². The van der Waals surface area contributed by atoms with Crippen molar-refractivity contribution < 1.29 is 9.90 Å². The number of aldehydes is 1. The van der Waals surface area contributed by atoms with E-state index in [1.165, 1.54) is 6.20 Å². The van der Waals surface area contributed by atoms with Crippen LogP contribution in [0.4, 0.5) is 17.2 Å². The number of fused-ring (bicyclic) bond motifs is 2. The summed E-state index contributed by atoms with van der Waals surface area (Å²) >= 11 is 11.9. The summed E-state index contributed by atoms with van der Waals surface area (Å²) in [5, 5.41) is 22.9. The van der Waals surface area contributed by atoms with E-state index in [9.17, 15) is 14.7 Å². The molecule has 0 atom stereocenters. The van der Waals surface area contributed by atoms with E-state index in [2.05, 4.69) is 40.4 Å². The molecule has 13 nitrogen and oxygen atoms in total. The highest BCUT2D eigenvalue weighted by molar-refractivity contribution is 6.31. The van der Waals surface area contributed by atoms with Gasteiger partial charge in [-0.25, -0.2) is 28.8 Å². The molecule has 5 heterocycles. The van der Waals surface area contributed by atoms with Crippen molar-refractivity contribution in [2.45, 2.75) is 0 Å². The minimum atomic E-state index is -0.496. The van der Waals surface area contributed by atoms with Crippen molar-refractivity contribution in [2.24, 2.45) is 4.99 Å². The number of hydrogen-bond donors (Lipinski definition) is 4. The van der Waals surface area contributed by atoms with Crippen molar-refractivity contribution in [3.63, 3.8) is 0 Å². The Kier molecular flexibility index (Phi) is 7.86. The number of carbonyl (C=O) groups excluding carboxylic acids is 1. The Balaban J connectivity index is 0.000000162. The number of aromatic amines is 2. The fraction of sp³-hybridized carbons (Fsp3) is 0. The second-order valence-electron chi connectivity index (χ2n) is 9.17. The maximum absolute atomic E-state index is 11.2. The summed E-state index contributed by atoms with van der Waals surface area (Å²) in [5.41, 5.74) is 3.25. The lowest BCUT2D eigenvalue weighted by Crippen LogP contribution is -2.12. The fourth-order valence-corrected chi connectivity index (χ4v) is 4.49. The molecule has 7 aromatic rings. The highest BCUT2D eigenvalue weighted by atomic mass is 35.5. The Morgan fingerprint density at radius 3 is 2.39 bits per heavy atom. The van der Waals surface area contributed by atoms with Crippen molar-refractivity contribution in [3.8, 4) is 5.88 Å². The van der Waals surface area contributed by atoms with Gasteiger partial charge in [0.15, 0.2) is 23.1 Å². The van der Waals surface area contributed by atoms with E-state index >= 15 is 0 Å². The van der Waals surface area contributed by atoms with Crippen molar-refractivity contribution in [1.29, 1.82) is 0 Å². The van der Waals surface area contributed by atoms with Crippen LogP contribution in [0.2, 0.25) is 10.0 Å². The molecule has 15 heteroatoms. The molecular weight excluding hydrogens is 607 g/mol. The quantitative estimate of drug-likeness (QED) is 0.209. The smallest absolute Gasteiger partial charge is 0.326 e. The van der Waals surface area contributed by atoms with Crippen LogP contribution in [0, 0.1) is 0 Å². The number of aromatic nitrogens is 8. The molecule has 5 aromatic heterocycles. The Morgan fingerprint density at radius 1 is 0.886 bits per heavy atom. The molecule has 0 unspecified atom stereocenters. The van der Waals surface area contributed by atoms with Crippen LogP contribution in [0.15, 0.2) is 95.2 Å². The van der Waals surface area contributed by atoms with Gasteiger partial charge in [0.1, 0.15) is 11.5 Å². The Hall–Kier alpha value is -5.79. The molecule has 0 saturated heterocycles. The lowest BCUT2D eigenvalue weighted by Gasteiger charge is -2.06. The first-order valence-electron chi connectivity index (χ1n) is 12.8. The molecule has 0 aliphatic heterocycles. The summed E-state index contributed by atoms with van der Waals surface area (Å²) in [7, 11) is 0. The number of carbonyl (C=O) groups is 1. The number of rotatable bonds is 5. The summed E-state index contributed by atoms with van der Waals surface area (Å²) in [6, 6.07) is 18.0. The average Bonchev–Trinajstić information content (AvgIpc) is 3.69. The van der Waals surface area contributed by atoms with Crippen molar-refractivity contribution in [2.75, 3.05) is 5.32 Å². The highest BCUT2D eigenvalue weighted by Crippen LogP contribution is 2.20. The second-order valence-corrected chi connectivity index (χ2v) is 10.0. The van der Waals surface area contributed by atoms with Gasteiger partial charge >= 0.3 is 5.69 Å². The van der Waals surface area contributed by atoms with Gasteiger partial charge in [-0.3, -0.25) is 9.78 Å². The van der Waals surface area contributed by atoms with Crippen LogP contribution < -0.4 is 21.7 Å². The van der Waals surface area contributed by atoms with Gasteiger partial charge in [-0.05, 0) is 48.5 Å². The normalized spacial score (nSPS) is 12.0. The number of H-pyrrole nitrogens is 2. The molecule has 7 rings (SSSR count). The molecule has 0 aliphatic rings. The zero-order valence-electron chi connectivity index (χ0n) is 22.4. The maximum Gasteiger partial charge on any atom is 0.326 e. The average molecular weight is 627 g/mol. The number of anilines is 2. The third-order valence-electron chi connectivity index (χ3n) is 6.09. The van der Waals surface area contributed by atoms with Crippen LogP contribution >= 0.6 is 23.2 Å². The summed E-state index contributed by atoms with van der Waals surface area (Å²) in [6.07, 6.45) is 8.84. The molecular formula is C29H20Cl2N10O3. The largest absolute Gasteiger partial charge is 0.493 e. The third-order valence-corrected chi connectivity index (χ3v) is 6.56. The second kappa shape index (κ2) is 12.2. The van der Waals surface area contributed by atoms with Crippen LogP contribution in [0.3, 0.4) is 0 Å². The molecule has 0 radical (unpaired) electrons. The minimum Gasteiger partial charge on any atom is -0.493 e. The molecule has 0 amide bonds. The number of nitrogens with zero attached hydrogens (tertiary/aromatic N) is 7.